The van der Waals surface area contributed by atoms with Crippen LogP contribution in [0.25, 0.3) is 0 Å². The molecule has 0 bridgehead atoms. The van der Waals surface area contributed by atoms with E-state index in [1.54, 1.807) is 0 Å². The Balaban J connectivity index is -0.000000180. The van der Waals surface area contributed by atoms with Gasteiger partial charge in [0.2, 0.25) is 0 Å². The molecule has 5 heteroatoms. The van der Waals surface area contributed by atoms with Crippen LogP contribution < -0.4 is 16.8 Å². The van der Waals surface area contributed by atoms with Crippen molar-refractivity contribution in [1.29, 1.82) is 0 Å². The van der Waals surface area contributed by atoms with Crippen LogP contribution in [-0.4, -0.2) is 129 Å². The molecule has 46 valence electrons. The smallest absolute Gasteiger partial charge is 0.00750 e. The van der Waals surface area contributed by atoms with E-state index in [-0.39, 0.29) is 103 Å². The Morgan fingerprint density at radius 3 is 1.44 bits per heavy atom. The first-order valence-corrected chi connectivity index (χ1v) is 2.52. The topological polar surface area (TPSA) is 64.1 Å². The van der Waals surface area contributed by atoms with Crippen LogP contribution in [0.5, 0.6) is 0 Å². The molecule has 0 saturated heterocycles. The molecule has 0 heterocycles. The zero-order valence-electron chi connectivity index (χ0n) is 6.48. The Morgan fingerprint density at radius 1 is 0.889 bits per heavy atom. The molecule has 0 aliphatic heterocycles. The van der Waals surface area contributed by atoms with Crippen LogP contribution in [0, 0.1) is 0 Å². The molecule has 0 aliphatic carbocycles. The normalized spacial score (nSPS) is 7.33. The van der Waals surface area contributed by atoms with Crippen LogP contribution in [0.3, 0.4) is 0 Å². The van der Waals surface area contributed by atoms with Gasteiger partial charge in [-0.1, -0.05) is 0 Å². The Hall–Kier alpha value is 3.15. The molecule has 0 aliphatic rings. The van der Waals surface area contributed by atoms with Crippen molar-refractivity contribution in [3.05, 3.63) is 0 Å². The molecule has 0 saturated carbocycles. The zero-order chi connectivity index (χ0) is 5.54. The average Bonchev–Trinajstić information content (AvgIpc) is 1.69. The summed E-state index contributed by atoms with van der Waals surface area (Å²) >= 11 is 0. The fraction of sp³-hybridized carbons (Fsp3) is 1.00. The van der Waals surface area contributed by atoms with Gasteiger partial charge in [0.1, 0.15) is 0 Å². The fourth-order valence-electron chi connectivity index (χ4n) is 0.329. The second kappa shape index (κ2) is 17.3. The van der Waals surface area contributed by atoms with Crippen LogP contribution in [0.4, 0.5) is 0 Å². The zero-order valence-corrected chi connectivity index (χ0v) is 12.7. The third-order valence-electron chi connectivity index (χ3n) is 0.642. The second-order valence-electron chi connectivity index (χ2n) is 1.33. The Bertz CT molecular complexity index is 33.0. The first kappa shape index (κ1) is 18.0. The molecule has 0 spiro atoms. The number of hydrogen-bond donors (Lipinski definition) is 3. The van der Waals surface area contributed by atoms with Gasteiger partial charge in [0, 0.05) is 129 Å². The summed E-state index contributed by atoms with van der Waals surface area (Å²) < 4.78 is 0. The monoisotopic (exact) mass is 181 g/mol. The molecular formula is C4H13K2N3. The Kier molecular flexibility index (Phi) is 34.7. The SMILES string of the molecule is NCCNCCN.[K].[K]. The van der Waals surface area contributed by atoms with Gasteiger partial charge in [0.05, 0.1) is 0 Å². The van der Waals surface area contributed by atoms with Gasteiger partial charge in [-0.25, -0.2) is 0 Å². The maximum Gasteiger partial charge on any atom is 0.00750 e. The summed E-state index contributed by atoms with van der Waals surface area (Å²) in [6, 6.07) is 0. The Labute approximate surface area is 142 Å². The Morgan fingerprint density at radius 2 is 1.22 bits per heavy atom. The van der Waals surface area contributed by atoms with E-state index in [4.69, 9.17) is 11.5 Å². The minimum absolute atomic E-state index is 0. The van der Waals surface area contributed by atoms with Crippen LogP contribution in [0.1, 0.15) is 0 Å². The molecule has 0 atom stereocenters. The predicted octanol–water partition coefficient (Wildman–Crippen LogP) is -2.27. The summed E-state index contributed by atoms with van der Waals surface area (Å²) in [7, 11) is 0. The predicted molar refractivity (Wildman–Crippen MR) is 42.5 cm³/mol. The van der Waals surface area contributed by atoms with E-state index in [2.05, 4.69) is 5.32 Å². The summed E-state index contributed by atoms with van der Waals surface area (Å²) in [6.45, 7) is 3.13. The summed E-state index contributed by atoms with van der Waals surface area (Å²) in [5.74, 6) is 0. The van der Waals surface area contributed by atoms with E-state index >= 15 is 0 Å². The molecule has 5 N–H and O–H groups in total. The van der Waals surface area contributed by atoms with E-state index in [1.165, 1.54) is 0 Å². The first-order valence-electron chi connectivity index (χ1n) is 2.52. The van der Waals surface area contributed by atoms with Crippen molar-refractivity contribution in [3.8, 4) is 0 Å². The van der Waals surface area contributed by atoms with E-state index in [1.807, 2.05) is 0 Å². The molecule has 0 amide bonds. The van der Waals surface area contributed by atoms with Crippen LogP contribution in [0.15, 0.2) is 0 Å². The average molecular weight is 181 g/mol. The second-order valence-corrected chi connectivity index (χ2v) is 1.33. The maximum absolute atomic E-state index is 5.17. The number of nitrogens with two attached hydrogens (primary N) is 2. The summed E-state index contributed by atoms with van der Waals surface area (Å²) in [4.78, 5) is 0. The molecule has 2 radical (unpaired) electrons. The van der Waals surface area contributed by atoms with Crippen molar-refractivity contribution < 1.29 is 0 Å². The maximum atomic E-state index is 5.17. The fourth-order valence-corrected chi connectivity index (χ4v) is 0.329. The molecule has 0 aromatic heterocycles. The standard InChI is InChI=1S/C4H13N3.2K/c5-1-3-7-4-2-6;;/h7H,1-6H2;;. The minimum atomic E-state index is 0. The van der Waals surface area contributed by atoms with Crippen LogP contribution in [-0.2, 0) is 0 Å². The van der Waals surface area contributed by atoms with Crippen LogP contribution in [0.2, 0.25) is 0 Å². The van der Waals surface area contributed by atoms with Crippen molar-refractivity contribution in [2.75, 3.05) is 26.2 Å². The summed E-state index contributed by atoms with van der Waals surface area (Å²) in [5.41, 5.74) is 10.3. The van der Waals surface area contributed by atoms with Crippen LogP contribution >= 0.6 is 0 Å². The first-order chi connectivity index (χ1) is 3.41. The number of rotatable bonds is 4. The van der Waals surface area contributed by atoms with Crippen molar-refractivity contribution in [2.24, 2.45) is 11.5 Å². The van der Waals surface area contributed by atoms with Crippen molar-refractivity contribution >= 4 is 103 Å². The number of hydrogen-bond acceptors (Lipinski definition) is 3. The molecular weight excluding hydrogens is 168 g/mol. The van der Waals surface area contributed by atoms with E-state index in [9.17, 15) is 0 Å². The van der Waals surface area contributed by atoms with Gasteiger partial charge in [-0.2, -0.15) is 0 Å². The minimum Gasteiger partial charge on any atom is -0.329 e. The third-order valence-corrected chi connectivity index (χ3v) is 0.642. The number of nitrogens with one attached hydrogen (secondary N) is 1. The molecule has 9 heavy (non-hydrogen) atoms. The summed E-state index contributed by atoms with van der Waals surface area (Å²) in [5, 5.41) is 3.03. The molecule has 3 nitrogen and oxygen atoms in total. The van der Waals surface area contributed by atoms with Gasteiger partial charge in [0.15, 0.2) is 0 Å². The van der Waals surface area contributed by atoms with E-state index in [0.717, 1.165) is 13.1 Å². The quantitative estimate of drug-likeness (QED) is 0.339. The van der Waals surface area contributed by atoms with E-state index < -0.39 is 0 Å². The van der Waals surface area contributed by atoms with Gasteiger partial charge in [-0.15, -0.1) is 0 Å². The van der Waals surface area contributed by atoms with Crippen molar-refractivity contribution in [2.45, 2.75) is 0 Å². The van der Waals surface area contributed by atoms with Crippen molar-refractivity contribution in [3.63, 3.8) is 0 Å². The molecule has 0 fully saturated rings. The van der Waals surface area contributed by atoms with Gasteiger partial charge in [0.25, 0.3) is 0 Å². The van der Waals surface area contributed by atoms with Crippen molar-refractivity contribution in [1.82, 2.24) is 5.32 Å². The third kappa shape index (κ3) is 18.3. The molecule has 0 aromatic carbocycles. The van der Waals surface area contributed by atoms with Gasteiger partial charge >= 0.3 is 0 Å². The molecule has 0 unspecified atom stereocenters. The molecule has 0 aromatic rings. The van der Waals surface area contributed by atoms with Gasteiger partial charge in [-0.05, 0) is 0 Å². The van der Waals surface area contributed by atoms with Gasteiger partial charge < -0.3 is 16.8 Å². The largest absolute Gasteiger partial charge is 0.329 e. The summed E-state index contributed by atoms with van der Waals surface area (Å²) in [6.07, 6.45) is 0. The van der Waals surface area contributed by atoms with Gasteiger partial charge in [-0.3, -0.25) is 0 Å². The van der Waals surface area contributed by atoms with E-state index in [0.29, 0.717) is 13.1 Å². The molecule has 0 rings (SSSR count).